The van der Waals surface area contributed by atoms with Crippen LogP contribution in [0.1, 0.15) is 28.9 Å². The molecule has 0 aliphatic heterocycles. The number of Topliss-reactive ketones (excluding diaryl/α,β-unsaturated/α-hetero) is 1. The van der Waals surface area contributed by atoms with Gasteiger partial charge in [-0.25, -0.2) is 0 Å². The van der Waals surface area contributed by atoms with E-state index in [2.05, 4.69) is 0 Å². The summed E-state index contributed by atoms with van der Waals surface area (Å²) in [7, 11) is 0. The van der Waals surface area contributed by atoms with Crippen molar-refractivity contribution in [2.75, 3.05) is 6.61 Å². The van der Waals surface area contributed by atoms with Gasteiger partial charge in [0.05, 0.1) is 18.8 Å². The molecular weight excluding hydrogens is 194 g/mol. The lowest BCUT2D eigenvalue weighted by Crippen LogP contribution is -2.31. The number of hydrogen-bond acceptors (Lipinski definition) is 4. The number of nitrogens with two attached hydrogens (primary N) is 1. The number of hydrogen-bond donors (Lipinski definition) is 3. The second-order valence-corrected chi connectivity index (χ2v) is 3.47. The van der Waals surface area contributed by atoms with Gasteiger partial charge in [-0.15, -0.1) is 0 Å². The monoisotopic (exact) mass is 209 g/mol. The second kappa shape index (κ2) is 5.02. The van der Waals surface area contributed by atoms with Crippen LogP contribution in [0.2, 0.25) is 0 Å². The Labute approximate surface area is 88.3 Å². The molecule has 0 radical (unpaired) electrons. The van der Waals surface area contributed by atoms with E-state index in [4.69, 9.17) is 10.8 Å². The van der Waals surface area contributed by atoms with Crippen LogP contribution in [0.15, 0.2) is 24.3 Å². The first kappa shape index (κ1) is 11.8. The van der Waals surface area contributed by atoms with Crippen molar-refractivity contribution in [2.24, 2.45) is 5.73 Å². The molecule has 82 valence electrons. The molecule has 4 N–H and O–H groups in total. The minimum Gasteiger partial charge on any atom is -0.395 e. The molecule has 15 heavy (non-hydrogen) atoms. The van der Waals surface area contributed by atoms with E-state index in [9.17, 15) is 9.90 Å². The number of carbonyl (C=O) groups excluding carboxylic acids is 1. The molecule has 1 rings (SSSR count). The van der Waals surface area contributed by atoms with E-state index in [1.54, 1.807) is 24.3 Å². The lowest BCUT2D eigenvalue weighted by atomic mass is 10.0. The Hall–Kier alpha value is -1.23. The molecule has 0 bridgehead atoms. The normalized spacial score (nSPS) is 14.7. The van der Waals surface area contributed by atoms with Crippen LogP contribution in [-0.4, -0.2) is 28.6 Å². The molecule has 0 spiro atoms. The summed E-state index contributed by atoms with van der Waals surface area (Å²) in [6.45, 7) is 1.19. The smallest absolute Gasteiger partial charge is 0.159 e. The highest BCUT2D eigenvalue weighted by atomic mass is 16.3. The molecule has 1 aromatic carbocycles. The first-order valence-electron chi connectivity index (χ1n) is 4.71. The number of aliphatic hydroxyl groups excluding tert-OH is 2. The predicted molar refractivity (Wildman–Crippen MR) is 56.5 cm³/mol. The van der Waals surface area contributed by atoms with Crippen LogP contribution in [0.3, 0.4) is 0 Å². The predicted octanol–water partition coefficient (Wildman–Crippen LogP) is 0.242. The van der Waals surface area contributed by atoms with Crippen molar-refractivity contribution in [3.05, 3.63) is 35.4 Å². The third kappa shape index (κ3) is 2.86. The Balaban J connectivity index is 2.84. The molecule has 0 aliphatic carbocycles. The van der Waals surface area contributed by atoms with Crippen LogP contribution in [0.4, 0.5) is 0 Å². The maximum atomic E-state index is 11.0. The summed E-state index contributed by atoms with van der Waals surface area (Å²) in [6, 6.07) is 5.83. The van der Waals surface area contributed by atoms with Crippen LogP contribution in [0.5, 0.6) is 0 Å². The van der Waals surface area contributed by atoms with Gasteiger partial charge in [-0.2, -0.15) is 0 Å². The average Bonchev–Trinajstić information content (AvgIpc) is 2.27. The van der Waals surface area contributed by atoms with Crippen molar-refractivity contribution >= 4 is 5.78 Å². The number of benzene rings is 1. The molecule has 0 unspecified atom stereocenters. The quantitative estimate of drug-likeness (QED) is 0.620. The van der Waals surface area contributed by atoms with E-state index in [0.29, 0.717) is 11.1 Å². The largest absolute Gasteiger partial charge is 0.395 e. The Morgan fingerprint density at radius 1 is 1.40 bits per heavy atom. The number of aliphatic hydroxyl groups is 2. The zero-order valence-electron chi connectivity index (χ0n) is 8.55. The Morgan fingerprint density at radius 2 is 1.93 bits per heavy atom. The van der Waals surface area contributed by atoms with Crippen molar-refractivity contribution in [3.63, 3.8) is 0 Å². The fourth-order valence-corrected chi connectivity index (χ4v) is 1.26. The average molecular weight is 209 g/mol. The summed E-state index contributed by atoms with van der Waals surface area (Å²) in [5.74, 6) is -0.0255. The van der Waals surface area contributed by atoms with Gasteiger partial charge in [0.25, 0.3) is 0 Å². The maximum absolute atomic E-state index is 11.0. The molecule has 1 aromatic rings. The first-order valence-corrected chi connectivity index (χ1v) is 4.71. The first-order chi connectivity index (χ1) is 7.06. The van der Waals surface area contributed by atoms with Crippen LogP contribution < -0.4 is 5.73 Å². The van der Waals surface area contributed by atoms with Crippen molar-refractivity contribution in [1.29, 1.82) is 0 Å². The highest BCUT2D eigenvalue weighted by Crippen LogP contribution is 2.16. The molecular formula is C11H15NO3. The molecule has 4 nitrogen and oxygen atoms in total. The molecule has 0 heterocycles. The Morgan fingerprint density at radius 3 is 2.33 bits per heavy atom. The summed E-state index contributed by atoms with van der Waals surface area (Å²) in [6.07, 6.45) is -0.906. The zero-order valence-corrected chi connectivity index (χ0v) is 8.55. The van der Waals surface area contributed by atoms with Gasteiger partial charge >= 0.3 is 0 Å². The minimum atomic E-state index is -0.906. The van der Waals surface area contributed by atoms with Crippen molar-refractivity contribution in [2.45, 2.75) is 19.1 Å². The van der Waals surface area contributed by atoms with E-state index in [-0.39, 0.29) is 12.4 Å². The summed E-state index contributed by atoms with van der Waals surface area (Å²) in [5.41, 5.74) is 6.66. The SMILES string of the molecule is CC(=O)c1ccc([C@@H](O)[C@H](N)CO)cc1. The van der Waals surface area contributed by atoms with Crippen molar-refractivity contribution in [1.82, 2.24) is 0 Å². The summed E-state index contributed by atoms with van der Waals surface area (Å²) < 4.78 is 0. The third-order valence-corrected chi connectivity index (χ3v) is 2.28. The van der Waals surface area contributed by atoms with Crippen LogP contribution in [0, 0.1) is 0 Å². The van der Waals surface area contributed by atoms with Gasteiger partial charge in [0.2, 0.25) is 0 Å². The fourth-order valence-electron chi connectivity index (χ4n) is 1.26. The summed E-state index contributed by atoms with van der Waals surface area (Å²) in [5, 5.41) is 18.4. The molecule has 0 fully saturated rings. The molecule has 0 aliphatic rings. The fraction of sp³-hybridized carbons (Fsp3) is 0.364. The van der Waals surface area contributed by atoms with Crippen LogP contribution >= 0.6 is 0 Å². The van der Waals surface area contributed by atoms with E-state index >= 15 is 0 Å². The van der Waals surface area contributed by atoms with Crippen LogP contribution in [-0.2, 0) is 0 Å². The Bertz CT molecular complexity index is 334. The summed E-state index contributed by atoms with van der Waals surface area (Å²) in [4.78, 5) is 11.0. The van der Waals surface area contributed by atoms with E-state index in [0.717, 1.165) is 0 Å². The van der Waals surface area contributed by atoms with Crippen molar-refractivity contribution in [3.8, 4) is 0 Å². The molecule has 0 aromatic heterocycles. The Kier molecular flexibility index (Phi) is 3.96. The van der Waals surface area contributed by atoms with Crippen molar-refractivity contribution < 1.29 is 15.0 Å². The molecule has 4 heteroatoms. The lowest BCUT2D eigenvalue weighted by molar-refractivity contribution is 0.101. The van der Waals surface area contributed by atoms with E-state index < -0.39 is 12.1 Å². The van der Waals surface area contributed by atoms with E-state index in [1.165, 1.54) is 6.92 Å². The molecule has 0 saturated carbocycles. The number of ketones is 1. The highest BCUT2D eigenvalue weighted by Gasteiger charge is 2.15. The van der Waals surface area contributed by atoms with Gasteiger partial charge in [-0.05, 0) is 12.5 Å². The minimum absolute atomic E-state index is 0.0255. The topological polar surface area (TPSA) is 83.5 Å². The lowest BCUT2D eigenvalue weighted by Gasteiger charge is -2.16. The second-order valence-electron chi connectivity index (χ2n) is 3.47. The van der Waals surface area contributed by atoms with Gasteiger partial charge in [0, 0.05) is 5.56 Å². The van der Waals surface area contributed by atoms with Gasteiger partial charge in [-0.1, -0.05) is 24.3 Å². The number of rotatable bonds is 4. The highest BCUT2D eigenvalue weighted by molar-refractivity contribution is 5.94. The summed E-state index contributed by atoms with van der Waals surface area (Å²) >= 11 is 0. The van der Waals surface area contributed by atoms with Gasteiger partial charge in [-0.3, -0.25) is 4.79 Å². The zero-order chi connectivity index (χ0) is 11.4. The molecule has 0 amide bonds. The number of carbonyl (C=O) groups is 1. The molecule has 2 atom stereocenters. The molecule has 0 saturated heterocycles. The standard InChI is InChI=1S/C11H15NO3/c1-7(14)8-2-4-9(5-3-8)11(15)10(12)6-13/h2-5,10-11,13,15H,6,12H2,1H3/t10-,11-/m1/s1. The van der Waals surface area contributed by atoms with Gasteiger partial charge in [0.15, 0.2) is 5.78 Å². The van der Waals surface area contributed by atoms with Crippen LogP contribution in [0.25, 0.3) is 0 Å². The maximum Gasteiger partial charge on any atom is 0.159 e. The van der Waals surface area contributed by atoms with Gasteiger partial charge in [0.1, 0.15) is 0 Å². The third-order valence-electron chi connectivity index (χ3n) is 2.28. The van der Waals surface area contributed by atoms with Gasteiger partial charge < -0.3 is 15.9 Å². The van der Waals surface area contributed by atoms with E-state index in [1.807, 2.05) is 0 Å².